The first-order valence-corrected chi connectivity index (χ1v) is 4.62. The summed E-state index contributed by atoms with van der Waals surface area (Å²) in [6, 6.07) is 5.27. The third-order valence-corrected chi connectivity index (χ3v) is 1.76. The molecule has 1 rings (SSSR count). The zero-order valence-electron chi connectivity index (χ0n) is 8.82. The van der Waals surface area contributed by atoms with Gasteiger partial charge in [0.05, 0.1) is 11.3 Å². The number of para-hydroxylation sites is 1. The Morgan fingerprint density at radius 2 is 1.89 bits per heavy atom. The molecular formula is C10H8F3NO4. The summed E-state index contributed by atoms with van der Waals surface area (Å²) in [5, 5.41) is 10.7. The lowest BCUT2D eigenvalue weighted by atomic mass is 10.2. The van der Waals surface area contributed by atoms with Gasteiger partial charge >= 0.3 is 18.2 Å². The summed E-state index contributed by atoms with van der Waals surface area (Å²) in [5.74, 6) is -1.32. The normalized spacial score (nSPS) is 10.8. The molecule has 0 aliphatic heterocycles. The third-order valence-electron chi connectivity index (χ3n) is 1.76. The van der Waals surface area contributed by atoms with Gasteiger partial charge in [-0.3, -0.25) is 5.32 Å². The largest absolute Gasteiger partial charge is 0.478 e. The molecule has 0 unspecified atom stereocenters. The molecule has 0 radical (unpaired) electrons. The number of carboxylic acid groups (broad SMARTS) is 1. The molecule has 0 aliphatic carbocycles. The van der Waals surface area contributed by atoms with Gasteiger partial charge in [0, 0.05) is 0 Å². The number of carboxylic acids is 1. The van der Waals surface area contributed by atoms with E-state index in [4.69, 9.17) is 5.11 Å². The van der Waals surface area contributed by atoms with E-state index in [-0.39, 0.29) is 11.3 Å². The number of hydrogen-bond acceptors (Lipinski definition) is 3. The van der Waals surface area contributed by atoms with Crippen molar-refractivity contribution in [3.05, 3.63) is 29.8 Å². The monoisotopic (exact) mass is 263 g/mol. The highest BCUT2D eigenvalue weighted by Gasteiger charge is 2.29. The first kappa shape index (κ1) is 13.8. The zero-order valence-corrected chi connectivity index (χ0v) is 8.82. The third kappa shape index (κ3) is 4.32. The van der Waals surface area contributed by atoms with Crippen LogP contribution in [0.3, 0.4) is 0 Å². The number of aromatic carboxylic acids is 1. The summed E-state index contributed by atoms with van der Waals surface area (Å²) in [4.78, 5) is 21.8. The number of amides is 1. The van der Waals surface area contributed by atoms with Crippen molar-refractivity contribution in [1.29, 1.82) is 0 Å². The second kappa shape index (κ2) is 5.39. The highest BCUT2D eigenvalue weighted by atomic mass is 19.4. The van der Waals surface area contributed by atoms with Crippen LogP contribution in [0.25, 0.3) is 0 Å². The van der Waals surface area contributed by atoms with Crippen LogP contribution in [-0.2, 0) is 4.74 Å². The number of rotatable bonds is 3. The van der Waals surface area contributed by atoms with Crippen molar-refractivity contribution in [3.8, 4) is 0 Å². The number of ether oxygens (including phenoxy) is 1. The van der Waals surface area contributed by atoms with E-state index in [1.54, 1.807) is 0 Å². The van der Waals surface area contributed by atoms with Crippen molar-refractivity contribution in [2.24, 2.45) is 0 Å². The molecule has 98 valence electrons. The van der Waals surface area contributed by atoms with Crippen LogP contribution in [0.5, 0.6) is 0 Å². The maximum Gasteiger partial charge on any atom is 0.422 e. The standard InChI is InChI=1S/C10H8F3NO4/c11-10(12,13)5-18-9(17)14-7-4-2-1-3-6(7)8(15)16/h1-4H,5H2,(H,14,17)(H,15,16). The maximum atomic E-state index is 11.8. The average molecular weight is 263 g/mol. The fraction of sp³-hybridized carbons (Fsp3) is 0.200. The smallest absolute Gasteiger partial charge is 0.422 e. The first-order chi connectivity index (χ1) is 8.29. The van der Waals surface area contributed by atoms with E-state index in [1.165, 1.54) is 24.3 Å². The molecule has 0 fully saturated rings. The van der Waals surface area contributed by atoms with E-state index in [0.29, 0.717) is 0 Å². The van der Waals surface area contributed by atoms with Crippen molar-refractivity contribution in [2.75, 3.05) is 11.9 Å². The Morgan fingerprint density at radius 1 is 1.28 bits per heavy atom. The molecule has 0 aliphatic rings. The van der Waals surface area contributed by atoms with E-state index in [1.807, 2.05) is 5.32 Å². The van der Waals surface area contributed by atoms with Gasteiger partial charge in [-0.1, -0.05) is 12.1 Å². The lowest BCUT2D eigenvalue weighted by molar-refractivity contribution is -0.159. The Hall–Kier alpha value is -2.25. The van der Waals surface area contributed by atoms with Crippen LogP contribution in [0, 0.1) is 0 Å². The molecule has 0 bridgehead atoms. The fourth-order valence-corrected chi connectivity index (χ4v) is 1.07. The van der Waals surface area contributed by atoms with E-state index in [0.717, 1.165) is 0 Å². The van der Waals surface area contributed by atoms with E-state index >= 15 is 0 Å². The number of anilines is 1. The number of nitrogens with one attached hydrogen (secondary N) is 1. The molecule has 0 atom stereocenters. The van der Waals surface area contributed by atoms with Crippen molar-refractivity contribution >= 4 is 17.7 Å². The van der Waals surface area contributed by atoms with Gasteiger partial charge < -0.3 is 9.84 Å². The number of carbonyl (C=O) groups excluding carboxylic acids is 1. The molecular weight excluding hydrogens is 255 g/mol. The van der Waals surface area contributed by atoms with Gasteiger partial charge in [-0.2, -0.15) is 13.2 Å². The molecule has 8 heteroatoms. The van der Waals surface area contributed by atoms with Crippen LogP contribution in [0.2, 0.25) is 0 Å². The molecule has 1 aromatic rings. The minimum atomic E-state index is -4.64. The van der Waals surface area contributed by atoms with Crippen molar-refractivity contribution in [1.82, 2.24) is 0 Å². The van der Waals surface area contributed by atoms with Gasteiger partial charge in [-0.25, -0.2) is 9.59 Å². The Morgan fingerprint density at radius 3 is 2.44 bits per heavy atom. The highest BCUT2D eigenvalue weighted by molar-refractivity contribution is 5.98. The van der Waals surface area contributed by atoms with Crippen LogP contribution in [0.4, 0.5) is 23.7 Å². The van der Waals surface area contributed by atoms with Gasteiger partial charge in [0.1, 0.15) is 0 Å². The van der Waals surface area contributed by atoms with Gasteiger partial charge in [0.25, 0.3) is 0 Å². The van der Waals surface area contributed by atoms with Crippen LogP contribution >= 0.6 is 0 Å². The molecule has 0 heterocycles. The van der Waals surface area contributed by atoms with Crippen molar-refractivity contribution < 1.29 is 32.6 Å². The second-order valence-electron chi connectivity index (χ2n) is 3.17. The fourth-order valence-electron chi connectivity index (χ4n) is 1.07. The van der Waals surface area contributed by atoms with Gasteiger partial charge in [0.2, 0.25) is 0 Å². The number of carbonyl (C=O) groups is 2. The Balaban J connectivity index is 2.68. The van der Waals surface area contributed by atoms with E-state index in [9.17, 15) is 22.8 Å². The SMILES string of the molecule is O=C(Nc1ccccc1C(=O)O)OCC(F)(F)F. The predicted octanol–water partition coefficient (Wildman–Crippen LogP) is 2.50. The number of hydrogen-bond donors (Lipinski definition) is 2. The van der Waals surface area contributed by atoms with Crippen molar-refractivity contribution in [3.63, 3.8) is 0 Å². The minimum Gasteiger partial charge on any atom is -0.478 e. The zero-order chi connectivity index (χ0) is 13.8. The molecule has 0 spiro atoms. The number of alkyl halides is 3. The first-order valence-electron chi connectivity index (χ1n) is 4.62. The van der Waals surface area contributed by atoms with Crippen molar-refractivity contribution in [2.45, 2.75) is 6.18 Å². The summed E-state index contributed by atoms with van der Waals surface area (Å²) in [7, 11) is 0. The van der Waals surface area contributed by atoms with Gasteiger partial charge in [0.15, 0.2) is 6.61 Å². The molecule has 0 saturated carbocycles. The lowest BCUT2D eigenvalue weighted by Gasteiger charge is -2.10. The Labute approximate surface area is 99.2 Å². The minimum absolute atomic E-state index is 0.142. The molecule has 1 aromatic carbocycles. The molecule has 18 heavy (non-hydrogen) atoms. The second-order valence-corrected chi connectivity index (χ2v) is 3.17. The summed E-state index contributed by atoms with van der Waals surface area (Å²) in [5.41, 5.74) is -0.390. The molecule has 2 N–H and O–H groups in total. The summed E-state index contributed by atoms with van der Waals surface area (Å²) >= 11 is 0. The van der Waals surface area contributed by atoms with Gasteiger partial charge in [-0.15, -0.1) is 0 Å². The Kier molecular flexibility index (Phi) is 4.13. The summed E-state index contributed by atoms with van der Waals surface area (Å²) in [6.45, 7) is -1.74. The number of benzene rings is 1. The molecule has 5 nitrogen and oxygen atoms in total. The molecule has 1 amide bonds. The highest BCUT2D eigenvalue weighted by Crippen LogP contribution is 2.17. The topological polar surface area (TPSA) is 75.6 Å². The van der Waals surface area contributed by atoms with E-state index in [2.05, 4.69) is 4.74 Å². The lowest BCUT2D eigenvalue weighted by Crippen LogP contribution is -2.24. The van der Waals surface area contributed by atoms with Gasteiger partial charge in [-0.05, 0) is 12.1 Å². The molecule has 0 saturated heterocycles. The maximum absolute atomic E-state index is 11.8. The van der Waals surface area contributed by atoms with E-state index < -0.39 is 24.8 Å². The summed E-state index contributed by atoms with van der Waals surface area (Å²) in [6.07, 6.45) is -6.01. The van der Waals surface area contributed by atoms with Crippen LogP contribution in [0.1, 0.15) is 10.4 Å². The predicted molar refractivity (Wildman–Crippen MR) is 54.4 cm³/mol. The Bertz CT molecular complexity index is 459. The molecule has 0 aromatic heterocycles. The van der Waals surface area contributed by atoms with Crippen LogP contribution in [0.15, 0.2) is 24.3 Å². The van der Waals surface area contributed by atoms with Crippen LogP contribution < -0.4 is 5.32 Å². The average Bonchev–Trinajstić information content (AvgIpc) is 2.26. The number of halogens is 3. The summed E-state index contributed by atoms with van der Waals surface area (Å²) < 4.78 is 39.2. The quantitative estimate of drug-likeness (QED) is 0.878. The van der Waals surface area contributed by atoms with Crippen LogP contribution in [-0.4, -0.2) is 30.0 Å².